The number of methoxy groups -OCH3 is 1. The second-order valence-corrected chi connectivity index (χ2v) is 6.71. The van der Waals surface area contributed by atoms with Crippen molar-refractivity contribution in [1.82, 2.24) is 5.32 Å². The highest BCUT2D eigenvalue weighted by Crippen LogP contribution is 2.32. The van der Waals surface area contributed by atoms with Gasteiger partial charge in [-0.1, -0.05) is 24.8 Å². The van der Waals surface area contributed by atoms with Crippen LogP contribution in [0.1, 0.15) is 36.9 Å². The van der Waals surface area contributed by atoms with Crippen LogP contribution in [0.2, 0.25) is 0 Å². The molecular weight excluding hydrogens is 315 g/mol. The van der Waals surface area contributed by atoms with Crippen LogP contribution < -0.4 is 15.4 Å². The molecule has 0 bridgehead atoms. The number of allylic oxidation sites excluding steroid dienone is 1. The summed E-state index contributed by atoms with van der Waals surface area (Å²) in [7, 11) is 1.67. The Bertz CT molecular complexity index is 755. The van der Waals surface area contributed by atoms with E-state index >= 15 is 0 Å². The van der Waals surface area contributed by atoms with Crippen molar-refractivity contribution in [2.24, 2.45) is 5.92 Å². The summed E-state index contributed by atoms with van der Waals surface area (Å²) in [5.74, 6) is 1.29. The second kappa shape index (κ2) is 7.70. The van der Waals surface area contributed by atoms with Gasteiger partial charge in [0.25, 0.3) is 0 Å². The van der Waals surface area contributed by atoms with Gasteiger partial charge in [-0.05, 0) is 67.6 Å². The standard InChI is InChI=1S/C21H25FN2O/c1-14(2)24-20-12-17(9-10-19(20)22)21(23-13-15-7-8-15)16-5-4-6-18(11-16)25-3/h4-6,9-12,15,21,23-24H,1,7-8,13H2,2-3H3. The maximum atomic E-state index is 14.1. The highest BCUT2D eigenvalue weighted by Gasteiger charge is 2.24. The fourth-order valence-corrected chi connectivity index (χ4v) is 2.90. The second-order valence-electron chi connectivity index (χ2n) is 6.71. The number of nitrogens with one attached hydrogen (secondary N) is 2. The van der Waals surface area contributed by atoms with Crippen molar-refractivity contribution >= 4 is 5.69 Å². The Morgan fingerprint density at radius 1 is 1.24 bits per heavy atom. The maximum absolute atomic E-state index is 14.1. The predicted molar refractivity (Wildman–Crippen MR) is 100 cm³/mol. The summed E-state index contributed by atoms with van der Waals surface area (Å²) < 4.78 is 19.5. The summed E-state index contributed by atoms with van der Waals surface area (Å²) >= 11 is 0. The van der Waals surface area contributed by atoms with E-state index < -0.39 is 0 Å². The van der Waals surface area contributed by atoms with Crippen LogP contribution in [0.5, 0.6) is 5.75 Å². The monoisotopic (exact) mass is 340 g/mol. The van der Waals surface area contributed by atoms with E-state index in [2.05, 4.69) is 23.3 Å². The summed E-state index contributed by atoms with van der Waals surface area (Å²) in [6, 6.07) is 13.2. The third-order valence-electron chi connectivity index (χ3n) is 4.41. The minimum Gasteiger partial charge on any atom is -0.497 e. The van der Waals surface area contributed by atoms with Crippen LogP contribution in [0.3, 0.4) is 0 Å². The van der Waals surface area contributed by atoms with Gasteiger partial charge >= 0.3 is 0 Å². The molecule has 1 aliphatic rings. The van der Waals surface area contributed by atoms with Crippen molar-refractivity contribution in [2.45, 2.75) is 25.8 Å². The van der Waals surface area contributed by atoms with Crippen molar-refractivity contribution in [3.8, 4) is 5.75 Å². The van der Waals surface area contributed by atoms with E-state index in [4.69, 9.17) is 4.74 Å². The minimum atomic E-state index is -0.279. The Labute approximate surface area is 148 Å². The topological polar surface area (TPSA) is 33.3 Å². The van der Waals surface area contributed by atoms with E-state index in [1.165, 1.54) is 18.9 Å². The van der Waals surface area contributed by atoms with Gasteiger partial charge in [-0.15, -0.1) is 0 Å². The number of benzene rings is 2. The van der Waals surface area contributed by atoms with Crippen LogP contribution in [-0.4, -0.2) is 13.7 Å². The number of anilines is 1. The summed E-state index contributed by atoms with van der Waals surface area (Å²) in [5, 5.41) is 6.63. The molecule has 1 unspecified atom stereocenters. The maximum Gasteiger partial charge on any atom is 0.146 e. The van der Waals surface area contributed by atoms with Gasteiger partial charge < -0.3 is 15.4 Å². The quantitative estimate of drug-likeness (QED) is 0.719. The van der Waals surface area contributed by atoms with E-state index in [-0.39, 0.29) is 11.9 Å². The Balaban J connectivity index is 1.93. The van der Waals surface area contributed by atoms with Crippen molar-refractivity contribution in [2.75, 3.05) is 19.0 Å². The lowest BCUT2D eigenvalue weighted by molar-refractivity contribution is 0.413. The number of hydrogen-bond acceptors (Lipinski definition) is 3. The lowest BCUT2D eigenvalue weighted by Crippen LogP contribution is -2.24. The SMILES string of the molecule is C=C(C)Nc1cc(C(NCC2CC2)c2cccc(OC)c2)ccc1F. The van der Waals surface area contributed by atoms with Crippen LogP contribution in [0.15, 0.2) is 54.7 Å². The molecule has 0 spiro atoms. The zero-order chi connectivity index (χ0) is 17.8. The molecule has 0 aromatic heterocycles. The number of rotatable bonds is 8. The molecule has 1 fully saturated rings. The molecule has 0 saturated heterocycles. The largest absolute Gasteiger partial charge is 0.497 e. The smallest absolute Gasteiger partial charge is 0.146 e. The van der Waals surface area contributed by atoms with E-state index in [0.29, 0.717) is 11.4 Å². The zero-order valence-electron chi connectivity index (χ0n) is 14.8. The molecule has 132 valence electrons. The van der Waals surface area contributed by atoms with Crippen molar-refractivity contribution in [1.29, 1.82) is 0 Å². The average molecular weight is 340 g/mol. The van der Waals surface area contributed by atoms with Gasteiger partial charge in [0.05, 0.1) is 18.8 Å². The first kappa shape index (κ1) is 17.5. The Morgan fingerprint density at radius 3 is 2.68 bits per heavy atom. The lowest BCUT2D eigenvalue weighted by Gasteiger charge is -2.21. The number of halogens is 1. The van der Waals surface area contributed by atoms with E-state index in [9.17, 15) is 4.39 Å². The van der Waals surface area contributed by atoms with Gasteiger partial charge in [-0.3, -0.25) is 0 Å². The first-order chi connectivity index (χ1) is 12.1. The van der Waals surface area contributed by atoms with Crippen LogP contribution in [0.4, 0.5) is 10.1 Å². The van der Waals surface area contributed by atoms with Gasteiger partial charge in [0.1, 0.15) is 11.6 Å². The molecule has 3 nitrogen and oxygen atoms in total. The Kier molecular flexibility index (Phi) is 5.39. The van der Waals surface area contributed by atoms with Crippen LogP contribution in [0.25, 0.3) is 0 Å². The van der Waals surface area contributed by atoms with Gasteiger partial charge in [-0.25, -0.2) is 4.39 Å². The van der Waals surface area contributed by atoms with Crippen LogP contribution in [0, 0.1) is 11.7 Å². The zero-order valence-corrected chi connectivity index (χ0v) is 14.8. The fourth-order valence-electron chi connectivity index (χ4n) is 2.90. The number of ether oxygens (including phenoxy) is 1. The molecule has 3 rings (SSSR count). The fraction of sp³-hybridized carbons (Fsp3) is 0.333. The Morgan fingerprint density at radius 2 is 2.00 bits per heavy atom. The van der Waals surface area contributed by atoms with E-state index in [1.54, 1.807) is 7.11 Å². The highest BCUT2D eigenvalue weighted by atomic mass is 19.1. The molecule has 2 aromatic carbocycles. The third kappa shape index (κ3) is 4.60. The van der Waals surface area contributed by atoms with E-state index in [1.807, 2.05) is 37.3 Å². The van der Waals surface area contributed by atoms with Crippen molar-refractivity contribution < 1.29 is 9.13 Å². The van der Waals surface area contributed by atoms with Gasteiger partial charge in [-0.2, -0.15) is 0 Å². The average Bonchev–Trinajstić information content (AvgIpc) is 3.42. The molecule has 0 aliphatic heterocycles. The normalized spacial score (nSPS) is 14.8. The molecule has 1 aliphatic carbocycles. The van der Waals surface area contributed by atoms with E-state index in [0.717, 1.165) is 29.3 Å². The lowest BCUT2D eigenvalue weighted by atomic mass is 9.97. The molecule has 1 atom stereocenters. The molecule has 0 radical (unpaired) electrons. The van der Waals surface area contributed by atoms with Crippen molar-refractivity contribution in [3.63, 3.8) is 0 Å². The molecular formula is C21H25FN2O. The molecule has 4 heteroatoms. The Hall–Kier alpha value is -2.33. The summed E-state index contributed by atoms with van der Waals surface area (Å²) in [4.78, 5) is 0. The molecule has 0 heterocycles. The van der Waals surface area contributed by atoms with Gasteiger partial charge in [0.15, 0.2) is 0 Å². The predicted octanol–water partition coefficient (Wildman–Crippen LogP) is 4.87. The molecule has 25 heavy (non-hydrogen) atoms. The van der Waals surface area contributed by atoms with Crippen LogP contribution in [-0.2, 0) is 0 Å². The first-order valence-corrected chi connectivity index (χ1v) is 8.66. The first-order valence-electron chi connectivity index (χ1n) is 8.66. The van der Waals surface area contributed by atoms with Gasteiger partial charge in [0, 0.05) is 5.70 Å². The summed E-state index contributed by atoms with van der Waals surface area (Å²) in [6.45, 7) is 6.58. The third-order valence-corrected chi connectivity index (χ3v) is 4.41. The molecule has 0 amide bonds. The number of hydrogen-bond donors (Lipinski definition) is 2. The molecule has 1 saturated carbocycles. The molecule has 2 aromatic rings. The highest BCUT2D eigenvalue weighted by molar-refractivity contribution is 5.52. The van der Waals surface area contributed by atoms with Crippen molar-refractivity contribution in [3.05, 3.63) is 71.7 Å². The van der Waals surface area contributed by atoms with Gasteiger partial charge in [0.2, 0.25) is 0 Å². The summed E-state index contributed by atoms with van der Waals surface area (Å²) in [6.07, 6.45) is 2.56. The minimum absolute atomic E-state index is 0.0121. The van der Waals surface area contributed by atoms with Crippen LogP contribution >= 0.6 is 0 Å². The summed E-state index contributed by atoms with van der Waals surface area (Å²) in [5.41, 5.74) is 3.28. The molecule has 2 N–H and O–H groups in total.